The van der Waals surface area contributed by atoms with E-state index in [2.05, 4.69) is 30.5 Å². The van der Waals surface area contributed by atoms with Crippen LogP contribution in [0.5, 0.6) is 0 Å². The molecule has 0 unspecified atom stereocenters. The van der Waals surface area contributed by atoms with E-state index in [1.165, 1.54) is 44.9 Å². The summed E-state index contributed by atoms with van der Waals surface area (Å²) in [4.78, 5) is 9.58. The van der Waals surface area contributed by atoms with Gasteiger partial charge in [-0.05, 0) is 62.8 Å². The van der Waals surface area contributed by atoms with Crippen LogP contribution in [0, 0.1) is 13.8 Å². The second-order valence-electron chi connectivity index (χ2n) is 7.79. The Balaban J connectivity index is 1.60. The van der Waals surface area contributed by atoms with Gasteiger partial charge in [-0.1, -0.05) is 30.9 Å². The smallest absolute Gasteiger partial charge is 0.225 e. The molecule has 0 saturated heterocycles. The van der Waals surface area contributed by atoms with Crippen molar-refractivity contribution in [2.75, 3.05) is 10.6 Å². The number of hydrogen-bond donors (Lipinski definition) is 2. The van der Waals surface area contributed by atoms with Gasteiger partial charge < -0.3 is 10.6 Å². The van der Waals surface area contributed by atoms with E-state index in [1.807, 2.05) is 12.1 Å². The fourth-order valence-electron chi connectivity index (χ4n) is 3.85. The quantitative estimate of drug-likeness (QED) is 0.666. The molecular formula is C21H27ClN4. The van der Waals surface area contributed by atoms with E-state index >= 15 is 0 Å². The number of nitrogens with zero attached hydrogens (tertiary/aromatic N) is 2. The van der Waals surface area contributed by atoms with Crippen molar-refractivity contribution in [1.29, 1.82) is 0 Å². The predicted octanol–water partition coefficient (Wildman–Crippen LogP) is 6.11. The summed E-state index contributed by atoms with van der Waals surface area (Å²) in [5, 5.41) is 7.87. The second-order valence-corrected chi connectivity index (χ2v) is 8.23. The minimum atomic E-state index is 0.505. The molecule has 0 aliphatic heterocycles. The topological polar surface area (TPSA) is 49.8 Å². The average molecular weight is 371 g/mol. The molecule has 0 radical (unpaired) electrons. The lowest BCUT2D eigenvalue weighted by atomic mass is 9.96. The van der Waals surface area contributed by atoms with Crippen LogP contribution in [-0.2, 0) is 0 Å². The van der Waals surface area contributed by atoms with Crippen molar-refractivity contribution in [3.63, 3.8) is 0 Å². The Labute approximate surface area is 160 Å². The zero-order chi connectivity index (χ0) is 18.1. The zero-order valence-electron chi connectivity index (χ0n) is 15.6. The van der Waals surface area contributed by atoms with Crippen LogP contribution < -0.4 is 10.6 Å². The molecule has 0 atom stereocenters. The first-order valence-corrected chi connectivity index (χ1v) is 10.2. The lowest BCUT2D eigenvalue weighted by Crippen LogP contribution is -2.24. The third-order valence-electron chi connectivity index (χ3n) is 5.43. The highest BCUT2D eigenvalue weighted by molar-refractivity contribution is 6.30. The van der Waals surface area contributed by atoms with Gasteiger partial charge in [-0.3, -0.25) is 0 Å². The summed E-state index contributed by atoms with van der Waals surface area (Å²) in [5.74, 6) is 2.24. The van der Waals surface area contributed by atoms with E-state index in [1.54, 1.807) is 0 Å². The van der Waals surface area contributed by atoms with Gasteiger partial charge in [0, 0.05) is 28.7 Å². The first-order chi connectivity index (χ1) is 12.6. The van der Waals surface area contributed by atoms with Gasteiger partial charge >= 0.3 is 0 Å². The maximum Gasteiger partial charge on any atom is 0.225 e. The molecule has 2 aliphatic rings. The van der Waals surface area contributed by atoms with E-state index in [0.29, 0.717) is 12.0 Å². The molecule has 1 aromatic carbocycles. The van der Waals surface area contributed by atoms with Crippen LogP contribution in [-0.4, -0.2) is 16.0 Å². The molecule has 0 spiro atoms. The molecule has 4 rings (SSSR count). The van der Waals surface area contributed by atoms with Gasteiger partial charge in [-0.2, -0.15) is 4.98 Å². The summed E-state index contributed by atoms with van der Waals surface area (Å²) < 4.78 is 0. The largest absolute Gasteiger partial charge is 0.351 e. The fraction of sp³-hybridized carbons (Fsp3) is 0.524. The van der Waals surface area contributed by atoms with E-state index in [0.717, 1.165) is 39.3 Å². The Morgan fingerprint density at radius 2 is 1.62 bits per heavy atom. The lowest BCUT2D eigenvalue weighted by molar-refractivity contribution is 0.460. The number of halogens is 1. The highest BCUT2D eigenvalue weighted by Gasteiger charge is 2.27. The minimum Gasteiger partial charge on any atom is -0.351 e. The number of nitrogens with one attached hydrogen (secondary N) is 2. The number of rotatable bonds is 5. The molecule has 1 aromatic heterocycles. The minimum absolute atomic E-state index is 0.505. The third kappa shape index (κ3) is 4.12. The highest BCUT2D eigenvalue weighted by atomic mass is 35.5. The SMILES string of the molecule is Cc1cc(Cl)cc(C)c1Nc1cc(C2CC2)nc(NC2CCCCC2)n1. The lowest BCUT2D eigenvalue weighted by Gasteiger charge is -2.23. The van der Waals surface area contributed by atoms with Crippen LogP contribution in [0.1, 0.15) is 67.7 Å². The van der Waals surface area contributed by atoms with Crippen LogP contribution in [0.25, 0.3) is 0 Å². The van der Waals surface area contributed by atoms with Crippen molar-refractivity contribution in [1.82, 2.24) is 9.97 Å². The number of aryl methyl sites for hydroxylation is 2. The van der Waals surface area contributed by atoms with Crippen molar-refractivity contribution >= 4 is 29.1 Å². The van der Waals surface area contributed by atoms with Gasteiger partial charge in [-0.25, -0.2) is 4.98 Å². The molecule has 2 N–H and O–H groups in total. The van der Waals surface area contributed by atoms with Gasteiger partial charge in [0.1, 0.15) is 5.82 Å². The Kier molecular flexibility index (Phi) is 5.03. The van der Waals surface area contributed by atoms with Gasteiger partial charge in [-0.15, -0.1) is 0 Å². The molecule has 2 fully saturated rings. The Morgan fingerprint density at radius 3 is 2.27 bits per heavy atom. The molecule has 5 heteroatoms. The molecule has 0 bridgehead atoms. The van der Waals surface area contributed by atoms with Crippen LogP contribution in [0.3, 0.4) is 0 Å². The molecule has 4 nitrogen and oxygen atoms in total. The summed E-state index contributed by atoms with van der Waals surface area (Å²) in [7, 11) is 0. The molecule has 138 valence electrons. The summed E-state index contributed by atoms with van der Waals surface area (Å²) in [6, 6.07) is 6.59. The monoisotopic (exact) mass is 370 g/mol. The Morgan fingerprint density at radius 1 is 0.923 bits per heavy atom. The first kappa shape index (κ1) is 17.6. The molecule has 0 amide bonds. The number of benzene rings is 1. The van der Waals surface area contributed by atoms with E-state index in [9.17, 15) is 0 Å². The third-order valence-corrected chi connectivity index (χ3v) is 5.65. The van der Waals surface area contributed by atoms with Crippen molar-refractivity contribution in [3.8, 4) is 0 Å². The average Bonchev–Trinajstić information content (AvgIpc) is 3.44. The van der Waals surface area contributed by atoms with Crippen molar-refractivity contribution in [2.24, 2.45) is 0 Å². The molecule has 26 heavy (non-hydrogen) atoms. The first-order valence-electron chi connectivity index (χ1n) is 9.78. The number of anilines is 3. The van der Waals surface area contributed by atoms with Gasteiger partial charge in [0.15, 0.2) is 0 Å². The standard InChI is InChI=1S/C21H27ClN4/c1-13-10-16(22)11-14(2)20(13)25-19-12-18(15-8-9-15)24-21(26-19)23-17-6-4-3-5-7-17/h10-12,15,17H,3-9H2,1-2H3,(H2,23,24,25,26). The van der Waals surface area contributed by atoms with Crippen molar-refractivity contribution in [3.05, 3.63) is 40.0 Å². The molecular weight excluding hydrogens is 344 g/mol. The Bertz CT molecular complexity index is 772. The Hall–Kier alpha value is -1.81. The number of aromatic nitrogens is 2. The maximum atomic E-state index is 6.17. The molecule has 2 aliphatic carbocycles. The summed E-state index contributed by atoms with van der Waals surface area (Å²) in [6.07, 6.45) is 8.85. The molecule has 1 heterocycles. The normalized spacial score (nSPS) is 18.0. The summed E-state index contributed by atoms with van der Waals surface area (Å²) >= 11 is 6.17. The van der Waals surface area contributed by atoms with Gasteiger partial charge in [0.25, 0.3) is 0 Å². The van der Waals surface area contributed by atoms with Crippen LogP contribution in [0.2, 0.25) is 5.02 Å². The fourth-order valence-corrected chi connectivity index (χ4v) is 4.18. The summed E-state index contributed by atoms with van der Waals surface area (Å²) in [6.45, 7) is 4.15. The van der Waals surface area contributed by atoms with E-state index in [4.69, 9.17) is 21.6 Å². The predicted molar refractivity (Wildman–Crippen MR) is 109 cm³/mol. The zero-order valence-corrected chi connectivity index (χ0v) is 16.4. The molecule has 2 aromatic rings. The van der Waals surface area contributed by atoms with E-state index < -0.39 is 0 Å². The second kappa shape index (κ2) is 7.43. The number of hydrogen-bond acceptors (Lipinski definition) is 4. The van der Waals surface area contributed by atoms with Crippen molar-refractivity contribution in [2.45, 2.75) is 70.8 Å². The van der Waals surface area contributed by atoms with E-state index in [-0.39, 0.29) is 0 Å². The van der Waals surface area contributed by atoms with Gasteiger partial charge in [0.05, 0.1) is 5.69 Å². The van der Waals surface area contributed by atoms with Crippen molar-refractivity contribution < 1.29 is 0 Å². The van der Waals surface area contributed by atoms with Crippen LogP contribution >= 0.6 is 11.6 Å². The summed E-state index contributed by atoms with van der Waals surface area (Å²) in [5.41, 5.74) is 4.50. The highest BCUT2D eigenvalue weighted by Crippen LogP contribution is 2.40. The molecule has 2 saturated carbocycles. The van der Waals surface area contributed by atoms with Crippen LogP contribution in [0.4, 0.5) is 17.5 Å². The maximum absolute atomic E-state index is 6.17. The van der Waals surface area contributed by atoms with Crippen LogP contribution in [0.15, 0.2) is 18.2 Å². The van der Waals surface area contributed by atoms with Gasteiger partial charge in [0.2, 0.25) is 5.95 Å².